The summed E-state index contributed by atoms with van der Waals surface area (Å²) in [6, 6.07) is -0.967. The molecule has 11 heteroatoms. The number of carbonyl (C=O) groups is 1. The lowest BCUT2D eigenvalue weighted by atomic mass is 9.85. The van der Waals surface area contributed by atoms with Gasteiger partial charge >= 0.3 is 18.4 Å². The summed E-state index contributed by atoms with van der Waals surface area (Å²) in [5.41, 5.74) is -3.57. The summed E-state index contributed by atoms with van der Waals surface area (Å²) in [5, 5.41) is 4.85. The normalized spacial score (nSPS) is 18.3. The maximum absolute atomic E-state index is 13.0. The van der Waals surface area contributed by atoms with Crippen LogP contribution in [0.1, 0.15) is 37.9 Å². The Morgan fingerprint density at radius 3 is 2.23 bits per heavy atom. The second-order valence-corrected chi connectivity index (χ2v) is 8.16. The molecule has 1 fully saturated rings. The maximum Gasteiger partial charge on any atom is 0.404 e. The number of rotatable bonds is 2. The summed E-state index contributed by atoms with van der Waals surface area (Å²) in [7, 11) is 0. The van der Waals surface area contributed by atoms with Crippen molar-refractivity contribution in [3.8, 4) is 0 Å². The van der Waals surface area contributed by atoms with Crippen molar-refractivity contribution in [2.24, 2.45) is 5.41 Å². The Labute approximate surface area is 150 Å². The third-order valence-corrected chi connectivity index (χ3v) is 5.57. The van der Waals surface area contributed by atoms with E-state index in [1.807, 2.05) is 20.8 Å². The van der Waals surface area contributed by atoms with Gasteiger partial charge in [-0.1, -0.05) is 20.8 Å². The predicted molar refractivity (Wildman–Crippen MR) is 83.8 cm³/mol. The van der Waals surface area contributed by atoms with Gasteiger partial charge in [0.15, 0.2) is 5.41 Å². The smallest absolute Gasteiger partial charge is 0.332 e. The van der Waals surface area contributed by atoms with Crippen molar-refractivity contribution in [3.63, 3.8) is 0 Å². The van der Waals surface area contributed by atoms with Crippen molar-refractivity contribution >= 4 is 17.4 Å². The van der Waals surface area contributed by atoms with Crippen LogP contribution in [-0.4, -0.2) is 41.4 Å². The first-order valence-corrected chi connectivity index (χ1v) is 8.66. The van der Waals surface area contributed by atoms with Crippen molar-refractivity contribution in [3.05, 3.63) is 16.1 Å². The zero-order valence-corrected chi connectivity index (χ0v) is 15.2. The van der Waals surface area contributed by atoms with Gasteiger partial charge in [0.05, 0.1) is 17.2 Å². The average Bonchev–Trinajstić information content (AvgIpc) is 3.10. The standard InChI is InChI=1S/C15H19F6N3OS/c1-12(2,3)10-23-9(7-26-10)6-22-11(25)24-5-4-13(8-24,14(16,17)18)15(19,20)21/h7H,4-6,8H2,1-3H3,(H,22,25). The van der Waals surface area contributed by atoms with Crippen LogP contribution in [-0.2, 0) is 12.0 Å². The van der Waals surface area contributed by atoms with E-state index in [1.165, 1.54) is 11.3 Å². The fourth-order valence-electron chi connectivity index (χ4n) is 2.62. The molecule has 1 aromatic rings. The van der Waals surface area contributed by atoms with Gasteiger partial charge in [-0.05, 0) is 6.42 Å². The summed E-state index contributed by atoms with van der Waals surface area (Å²) >= 11 is 1.37. The quantitative estimate of drug-likeness (QED) is 0.741. The molecule has 0 spiro atoms. The van der Waals surface area contributed by atoms with E-state index in [2.05, 4.69) is 10.3 Å². The zero-order chi connectivity index (χ0) is 20.0. The van der Waals surface area contributed by atoms with Gasteiger partial charge in [0.2, 0.25) is 0 Å². The lowest BCUT2D eigenvalue weighted by Gasteiger charge is -2.33. The first kappa shape index (κ1) is 20.8. The predicted octanol–water partition coefficient (Wildman–Crippen LogP) is 4.47. The van der Waals surface area contributed by atoms with E-state index < -0.39 is 43.3 Å². The van der Waals surface area contributed by atoms with Gasteiger partial charge < -0.3 is 10.2 Å². The van der Waals surface area contributed by atoms with Gasteiger partial charge in [-0.3, -0.25) is 0 Å². The summed E-state index contributed by atoms with van der Waals surface area (Å²) < 4.78 is 78.2. The molecule has 0 unspecified atom stereocenters. The summed E-state index contributed by atoms with van der Waals surface area (Å²) in [6.07, 6.45) is -12.1. The Morgan fingerprint density at radius 2 is 1.81 bits per heavy atom. The molecule has 0 aromatic carbocycles. The molecule has 2 amide bonds. The highest BCUT2D eigenvalue weighted by molar-refractivity contribution is 7.09. The van der Waals surface area contributed by atoms with Gasteiger partial charge in [0.1, 0.15) is 0 Å². The highest BCUT2D eigenvalue weighted by atomic mass is 32.1. The molecule has 26 heavy (non-hydrogen) atoms. The number of nitrogens with zero attached hydrogens (tertiary/aromatic N) is 2. The highest BCUT2D eigenvalue weighted by Gasteiger charge is 2.72. The van der Waals surface area contributed by atoms with E-state index in [-0.39, 0.29) is 12.0 Å². The minimum Gasteiger partial charge on any atom is -0.332 e. The number of thiazole rings is 1. The molecule has 1 aliphatic heterocycles. The van der Waals surface area contributed by atoms with Gasteiger partial charge in [-0.25, -0.2) is 9.78 Å². The molecule has 1 aromatic heterocycles. The van der Waals surface area contributed by atoms with Gasteiger partial charge in [-0.2, -0.15) is 26.3 Å². The molecule has 0 bridgehead atoms. The van der Waals surface area contributed by atoms with Crippen LogP contribution < -0.4 is 5.32 Å². The maximum atomic E-state index is 13.0. The first-order chi connectivity index (χ1) is 11.7. The molecule has 2 rings (SSSR count). The molecule has 148 valence electrons. The first-order valence-electron chi connectivity index (χ1n) is 7.78. The fourth-order valence-corrected chi connectivity index (χ4v) is 3.52. The van der Waals surface area contributed by atoms with E-state index in [0.29, 0.717) is 10.6 Å². The van der Waals surface area contributed by atoms with Crippen LogP contribution in [0, 0.1) is 5.41 Å². The van der Waals surface area contributed by atoms with Gasteiger partial charge in [-0.15, -0.1) is 11.3 Å². The number of halogens is 6. The van der Waals surface area contributed by atoms with Crippen molar-refractivity contribution in [1.82, 2.24) is 15.2 Å². The average molecular weight is 403 g/mol. The van der Waals surface area contributed by atoms with Gasteiger partial charge in [0.25, 0.3) is 0 Å². The number of alkyl halides is 6. The molecule has 4 nitrogen and oxygen atoms in total. The fraction of sp³-hybridized carbons (Fsp3) is 0.733. The molecule has 1 saturated heterocycles. The molecule has 0 atom stereocenters. The molecule has 1 N–H and O–H groups in total. The lowest BCUT2D eigenvalue weighted by Crippen LogP contribution is -2.52. The van der Waals surface area contributed by atoms with E-state index in [1.54, 1.807) is 5.38 Å². The molecular weight excluding hydrogens is 384 g/mol. The van der Waals surface area contributed by atoms with Crippen LogP contribution in [0.2, 0.25) is 0 Å². The highest BCUT2D eigenvalue weighted by Crippen LogP contribution is 2.55. The molecule has 1 aliphatic rings. The number of amides is 2. The minimum absolute atomic E-state index is 0.0626. The number of aromatic nitrogens is 1. The van der Waals surface area contributed by atoms with Crippen LogP contribution in [0.25, 0.3) is 0 Å². The van der Waals surface area contributed by atoms with E-state index in [4.69, 9.17) is 0 Å². The molecular formula is C15H19F6N3OS. The van der Waals surface area contributed by atoms with Crippen molar-refractivity contribution in [2.75, 3.05) is 13.1 Å². The van der Waals surface area contributed by atoms with Crippen LogP contribution in [0.3, 0.4) is 0 Å². The van der Waals surface area contributed by atoms with E-state index >= 15 is 0 Å². The van der Waals surface area contributed by atoms with Crippen molar-refractivity contribution < 1.29 is 31.1 Å². The second-order valence-electron chi connectivity index (χ2n) is 7.30. The molecule has 0 radical (unpaired) electrons. The summed E-state index contributed by atoms with van der Waals surface area (Å²) in [6.45, 7) is 3.74. The van der Waals surface area contributed by atoms with Crippen LogP contribution in [0.4, 0.5) is 31.1 Å². The molecule has 0 saturated carbocycles. The Balaban J connectivity index is 2.02. The molecule has 0 aliphatic carbocycles. The largest absolute Gasteiger partial charge is 0.404 e. The van der Waals surface area contributed by atoms with E-state index in [0.717, 1.165) is 5.01 Å². The van der Waals surface area contributed by atoms with E-state index in [9.17, 15) is 31.1 Å². The van der Waals surface area contributed by atoms with Crippen LogP contribution in [0.5, 0.6) is 0 Å². The van der Waals surface area contributed by atoms with Gasteiger partial charge in [0, 0.05) is 23.9 Å². The Hall–Kier alpha value is -1.52. The number of nitrogens with one attached hydrogen (secondary N) is 1. The SMILES string of the molecule is CC(C)(C)c1nc(CNC(=O)N2CCC(C(F)(F)F)(C(F)(F)F)C2)cs1. The van der Waals surface area contributed by atoms with Crippen molar-refractivity contribution in [2.45, 2.75) is 51.5 Å². The number of carbonyl (C=O) groups excluding carboxylic acids is 1. The Bertz CT molecular complexity index is 648. The third-order valence-electron chi connectivity index (χ3n) is 4.26. The number of hydrogen-bond acceptors (Lipinski definition) is 3. The minimum atomic E-state index is -5.48. The lowest BCUT2D eigenvalue weighted by molar-refractivity contribution is -0.334. The summed E-state index contributed by atoms with van der Waals surface area (Å²) in [5.74, 6) is 0. The summed E-state index contributed by atoms with van der Waals surface area (Å²) in [4.78, 5) is 16.9. The van der Waals surface area contributed by atoms with Crippen LogP contribution >= 0.6 is 11.3 Å². The van der Waals surface area contributed by atoms with Crippen molar-refractivity contribution in [1.29, 1.82) is 0 Å². The third kappa shape index (κ3) is 3.91. The zero-order valence-electron chi connectivity index (χ0n) is 14.4. The number of hydrogen-bond donors (Lipinski definition) is 1. The Morgan fingerprint density at radius 1 is 1.23 bits per heavy atom. The second kappa shape index (κ2) is 6.58. The number of likely N-dealkylation sites (tertiary alicyclic amines) is 1. The monoisotopic (exact) mass is 403 g/mol. The molecule has 2 heterocycles. The van der Waals surface area contributed by atoms with Crippen LogP contribution in [0.15, 0.2) is 5.38 Å². The topological polar surface area (TPSA) is 45.2 Å². The number of urea groups is 1. The Kier molecular flexibility index (Phi) is 5.26.